The van der Waals surface area contributed by atoms with Crippen LogP contribution in [0.15, 0.2) is 12.3 Å². The molecule has 0 bridgehead atoms. The maximum Gasteiger partial charge on any atom is 0.341 e. The average molecular weight is 364 g/mol. The number of carbonyl (C=O) groups is 3. The van der Waals surface area contributed by atoms with Gasteiger partial charge in [-0.25, -0.2) is 4.79 Å². The van der Waals surface area contributed by atoms with Gasteiger partial charge < -0.3 is 15.8 Å². The van der Waals surface area contributed by atoms with Crippen LogP contribution in [0.5, 0.6) is 0 Å². The van der Waals surface area contributed by atoms with Gasteiger partial charge in [-0.05, 0) is 39.3 Å². The van der Waals surface area contributed by atoms with Crippen molar-refractivity contribution in [1.29, 1.82) is 0 Å². The molecule has 0 aliphatic rings. The SMILES string of the molecule is CCn1ccc(C(=O)Nc2sc(C(N)=O)c(C)c2C(=O)OC(C)C)n1. The first kappa shape index (κ1) is 18.7. The van der Waals surface area contributed by atoms with Crippen molar-refractivity contribution in [2.75, 3.05) is 5.32 Å². The van der Waals surface area contributed by atoms with Crippen molar-refractivity contribution in [3.63, 3.8) is 0 Å². The van der Waals surface area contributed by atoms with Crippen LogP contribution in [0.3, 0.4) is 0 Å². The average Bonchev–Trinajstić information content (AvgIpc) is 3.11. The van der Waals surface area contributed by atoms with E-state index in [2.05, 4.69) is 10.4 Å². The first-order chi connectivity index (χ1) is 11.7. The van der Waals surface area contributed by atoms with Gasteiger partial charge in [0.1, 0.15) is 5.00 Å². The number of carbonyl (C=O) groups excluding carboxylic acids is 3. The van der Waals surface area contributed by atoms with Gasteiger partial charge in [0.05, 0.1) is 16.5 Å². The van der Waals surface area contributed by atoms with Gasteiger partial charge in [0.15, 0.2) is 5.69 Å². The summed E-state index contributed by atoms with van der Waals surface area (Å²) in [6, 6.07) is 1.57. The number of thiophene rings is 1. The molecule has 0 saturated carbocycles. The smallest absolute Gasteiger partial charge is 0.341 e. The molecule has 0 fully saturated rings. The lowest BCUT2D eigenvalue weighted by atomic mass is 10.1. The second-order valence-electron chi connectivity index (χ2n) is 5.59. The fraction of sp³-hybridized carbons (Fsp3) is 0.375. The highest BCUT2D eigenvalue weighted by molar-refractivity contribution is 7.18. The summed E-state index contributed by atoms with van der Waals surface area (Å²) < 4.78 is 6.81. The van der Waals surface area contributed by atoms with Crippen molar-refractivity contribution in [1.82, 2.24) is 9.78 Å². The van der Waals surface area contributed by atoms with Crippen LogP contribution in [-0.4, -0.2) is 33.7 Å². The Morgan fingerprint density at radius 2 is 2.08 bits per heavy atom. The molecule has 0 atom stereocenters. The van der Waals surface area contributed by atoms with Crippen LogP contribution in [0.25, 0.3) is 0 Å². The number of ether oxygens (including phenoxy) is 1. The molecular formula is C16H20N4O4S. The van der Waals surface area contributed by atoms with Gasteiger partial charge in [0.2, 0.25) is 0 Å². The highest BCUT2D eigenvalue weighted by atomic mass is 32.1. The molecule has 0 aliphatic heterocycles. The lowest BCUT2D eigenvalue weighted by Crippen LogP contribution is -2.17. The third-order valence-electron chi connectivity index (χ3n) is 3.34. The number of aromatic nitrogens is 2. The summed E-state index contributed by atoms with van der Waals surface area (Å²) in [6.45, 7) is 7.54. The number of hydrogen-bond donors (Lipinski definition) is 2. The van der Waals surface area contributed by atoms with E-state index in [4.69, 9.17) is 10.5 Å². The lowest BCUT2D eigenvalue weighted by Gasteiger charge is -2.10. The van der Waals surface area contributed by atoms with E-state index in [0.29, 0.717) is 12.1 Å². The molecule has 0 saturated heterocycles. The summed E-state index contributed by atoms with van der Waals surface area (Å²) in [6.07, 6.45) is 1.34. The van der Waals surface area contributed by atoms with E-state index in [9.17, 15) is 14.4 Å². The number of primary amides is 1. The number of nitrogens with zero attached hydrogens (tertiary/aromatic N) is 2. The number of anilines is 1. The maximum absolute atomic E-state index is 12.4. The van der Waals surface area contributed by atoms with E-state index in [1.807, 2.05) is 6.92 Å². The predicted octanol–water partition coefficient (Wildman–Crippen LogP) is 2.19. The molecule has 0 aliphatic carbocycles. The second kappa shape index (κ2) is 7.47. The Hall–Kier alpha value is -2.68. The van der Waals surface area contributed by atoms with Gasteiger partial charge in [-0.3, -0.25) is 14.3 Å². The van der Waals surface area contributed by atoms with E-state index in [1.54, 1.807) is 37.7 Å². The van der Waals surface area contributed by atoms with Crippen LogP contribution in [0.4, 0.5) is 5.00 Å². The molecule has 0 spiro atoms. The van der Waals surface area contributed by atoms with Gasteiger partial charge in [-0.1, -0.05) is 0 Å². The number of hydrogen-bond acceptors (Lipinski definition) is 6. The Morgan fingerprint density at radius 3 is 2.60 bits per heavy atom. The normalized spacial score (nSPS) is 10.8. The van der Waals surface area contributed by atoms with Crippen LogP contribution in [-0.2, 0) is 11.3 Å². The van der Waals surface area contributed by atoms with Gasteiger partial charge in [-0.2, -0.15) is 5.10 Å². The largest absolute Gasteiger partial charge is 0.459 e. The second-order valence-corrected chi connectivity index (χ2v) is 6.61. The van der Waals surface area contributed by atoms with Gasteiger partial charge >= 0.3 is 5.97 Å². The number of nitrogens with two attached hydrogens (primary N) is 1. The van der Waals surface area contributed by atoms with E-state index in [1.165, 1.54) is 0 Å². The highest BCUT2D eigenvalue weighted by Gasteiger charge is 2.27. The number of rotatable bonds is 6. The van der Waals surface area contributed by atoms with Crippen molar-refractivity contribution in [2.24, 2.45) is 5.73 Å². The van der Waals surface area contributed by atoms with Crippen LogP contribution < -0.4 is 11.1 Å². The van der Waals surface area contributed by atoms with E-state index >= 15 is 0 Å². The molecule has 25 heavy (non-hydrogen) atoms. The fourth-order valence-electron chi connectivity index (χ4n) is 2.18. The first-order valence-electron chi connectivity index (χ1n) is 7.73. The standard InChI is InChI=1S/C16H20N4O4S/c1-5-20-7-6-10(19-20)14(22)18-15-11(16(23)24-8(2)3)9(4)12(25-15)13(17)21/h6-8H,5H2,1-4H3,(H2,17,21)(H,18,22). The Kier molecular flexibility index (Phi) is 5.58. The molecule has 2 heterocycles. The van der Waals surface area contributed by atoms with Crippen LogP contribution in [0.2, 0.25) is 0 Å². The maximum atomic E-state index is 12.4. The number of amides is 2. The molecule has 2 amide bonds. The quantitative estimate of drug-likeness (QED) is 0.762. The van der Waals surface area contributed by atoms with E-state index in [-0.39, 0.29) is 27.2 Å². The minimum absolute atomic E-state index is 0.135. The summed E-state index contributed by atoms with van der Waals surface area (Å²) in [5.74, 6) is -1.77. The molecule has 9 heteroatoms. The van der Waals surface area contributed by atoms with Crippen molar-refractivity contribution >= 4 is 34.1 Å². The third kappa shape index (κ3) is 4.05. The summed E-state index contributed by atoms with van der Waals surface area (Å²) in [4.78, 5) is 36.5. The fourth-order valence-corrected chi connectivity index (χ4v) is 3.22. The minimum Gasteiger partial charge on any atom is -0.459 e. The van der Waals surface area contributed by atoms with Crippen LogP contribution >= 0.6 is 11.3 Å². The number of esters is 1. The molecule has 0 radical (unpaired) electrons. The zero-order valence-electron chi connectivity index (χ0n) is 14.5. The van der Waals surface area contributed by atoms with Crippen molar-refractivity contribution in [3.8, 4) is 0 Å². The van der Waals surface area contributed by atoms with Crippen molar-refractivity contribution in [3.05, 3.63) is 34.0 Å². The molecule has 2 rings (SSSR count). The van der Waals surface area contributed by atoms with Crippen molar-refractivity contribution < 1.29 is 19.1 Å². The molecule has 8 nitrogen and oxygen atoms in total. The van der Waals surface area contributed by atoms with E-state index < -0.39 is 17.8 Å². The minimum atomic E-state index is -0.670. The van der Waals surface area contributed by atoms with Gasteiger partial charge in [0.25, 0.3) is 11.8 Å². The molecule has 3 N–H and O–H groups in total. The molecular weight excluding hydrogens is 344 g/mol. The molecule has 0 aromatic carbocycles. The summed E-state index contributed by atoms with van der Waals surface area (Å²) >= 11 is 0.943. The summed E-state index contributed by atoms with van der Waals surface area (Å²) in [7, 11) is 0. The number of aryl methyl sites for hydroxylation is 1. The van der Waals surface area contributed by atoms with Crippen LogP contribution in [0.1, 0.15) is 56.9 Å². The van der Waals surface area contributed by atoms with Gasteiger partial charge in [0, 0.05) is 12.7 Å². The van der Waals surface area contributed by atoms with E-state index in [0.717, 1.165) is 11.3 Å². The third-order valence-corrected chi connectivity index (χ3v) is 4.56. The number of nitrogens with one attached hydrogen (secondary N) is 1. The summed E-state index contributed by atoms with van der Waals surface area (Å²) in [5.41, 5.74) is 6.08. The van der Waals surface area contributed by atoms with Gasteiger partial charge in [-0.15, -0.1) is 11.3 Å². The zero-order chi connectivity index (χ0) is 18.7. The first-order valence-corrected chi connectivity index (χ1v) is 8.55. The summed E-state index contributed by atoms with van der Waals surface area (Å²) in [5, 5.41) is 6.96. The van der Waals surface area contributed by atoms with Crippen molar-refractivity contribution in [2.45, 2.75) is 40.3 Å². The monoisotopic (exact) mass is 364 g/mol. The topological polar surface area (TPSA) is 116 Å². The Morgan fingerprint density at radius 1 is 1.40 bits per heavy atom. The van der Waals surface area contributed by atoms with Crippen LogP contribution in [0, 0.1) is 6.92 Å². The molecule has 2 aromatic rings. The molecule has 0 unspecified atom stereocenters. The Balaban J connectivity index is 2.38. The highest BCUT2D eigenvalue weighted by Crippen LogP contribution is 2.34. The zero-order valence-corrected chi connectivity index (χ0v) is 15.3. The Labute approximate surface area is 149 Å². The molecule has 2 aromatic heterocycles. The Bertz CT molecular complexity index is 822. The lowest BCUT2D eigenvalue weighted by molar-refractivity contribution is 0.0379. The predicted molar refractivity (Wildman–Crippen MR) is 94.0 cm³/mol. The molecule has 134 valence electrons.